The minimum atomic E-state index is 0.110. The van der Waals surface area contributed by atoms with Gasteiger partial charge in [-0.3, -0.25) is 10.2 Å². The first-order valence-corrected chi connectivity index (χ1v) is 8.26. The van der Waals surface area contributed by atoms with Crippen LogP contribution < -0.4 is 10.1 Å². The standard InChI is InChI=1S/C19H23N3O2/c1-13-11-14(2)18(15(3)16(13)12-20)24-10-8-22-7-6-21-19(22)17-5-4-9-23-17/h4-5,9,11,19,21H,6-8,10H2,1-3H3. The Morgan fingerprint density at radius 1 is 1.38 bits per heavy atom. The zero-order valence-electron chi connectivity index (χ0n) is 14.4. The minimum absolute atomic E-state index is 0.110. The van der Waals surface area contributed by atoms with Crippen LogP contribution in [0, 0.1) is 32.1 Å². The van der Waals surface area contributed by atoms with Crippen LogP contribution in [-0.2, 0) is 0 Å². The lowest BCUT2D eigenvalue weighted by Crippen LogP contribution is -2.31. The Morgan fingerprint density at radius 3 is 2.92 bits per heavy atom. The monoisotopic (exact) mass is 325 g/mol. The summed E-state index contributed by atoms with van der Waals surface area (Å²) < 4.78 is 11.6. The topological polar surface area (TPSA) is 61.4 Å². The maximum Gasteiger partial charge on any atom is 0.135 e. The van der Waals surface area contributed by atoms with E-state index in [4.69, 9.17) is 9.15 Å². The third-order valence-electron chi connectivity index (χ3n) is 4.55. The Hall–Kier alpha value is -2.29. The first-order valence-electron chi connectivity index (χ1n) is 8.26. The van der Waals surface area contributed by atoms with Crippen molar-refractivity contribution in [3.05, 3.63) is 52.5 Å². The molecule has 0 bridgehead atoms. The average Bonchev–Trinajstić information content (AvgIpc) is 3.21. The van der Waals surface area contributed by atoms with Crippen LogP contribution in [0.5, 0.6) is 5.75 Å². The van der Waals surface area contributed by atoms with Gasteiger partial charge in [0.2, 0.25) is 0 Å². The summed E-state index contributed by atoms with van der Waals surface area (Å²) in [7, 11) is 0. The van der Waals surface area contributed by atoms with E-state index in [1.54, 1.807) is 6.26 Å². The van der Waals surface area contributed by atoms with Gasteiger partial charge in [0.25, 0.3) is 0 Å². The molecule has 1 atom stereocenters. The van der Waals surface area contributed by atoms with Crippen LogP contribution in [-0.4, -0.2) is 31.1 Å². The van der Waals surface area contributed by atoms with E-state index in [1.807, 2.05) is 39.0 Å². The highest BCUT2D eigenvalue weighted by atomic mass is 16.5. The molecular weight excluding hydrogens is 302 g/mol. The van der Waals surface area contributed by atoms with Crippen LogP contribution in [0.3, 0.4) is 0 Å². The highest BCUT2D eigenvalue weighted by Crippen LogP contribution is 2.29. The van der Waals surface area contributed by atoms with Crippen molar-refractivity contribution in [3.63, 3.8) is 0 Å². The van der Waals surface area contributed by atoms with Crippen LogP contribution in [0.25, 0.3) is 0 Å². The Balaban J connectivity index is 1.66. The zero-order valence-corrected chi connectivity index (χ0v) is 14.4. The van der Waals surface area contributed by atoms with Crippen LogP contribution in [0.1, 0.15) is 34.2 Å². The molecule has 0 aliphatic carbocycles. The van der Waals surface area contributed by atoms with Gasteiger partial charge in [-0.05, 0) is 44.0 Å². The Bertz CT molecular complexity index is 747. The molecule has 0 spiro atoms. The van der Waals surface area contributed by atoms with Gasteiger partial charge in [0.15, 0.2) is 0 Å². The van der Waals surface area contributed by atoms with Gasteiger partial charge in [-0.25, -0.2) is 0 Å². The summed E-state index contributed by atoms with van der Waals surface area (Å²) in [4.78, 5) is 2.31. The molecule has 1 fully saturated rings. The van der Waals surface area contributed by atoms with Gasteiger partial charge in [-0.1, -0.05) is 6.07 Å². The Labute approximate surface area is 142 Å². The fourth-order valence-corrected chi connectivity index (χ4v) is 3.40. The van der Waals surface area contributed by atoms with E-state index in [-0.39, 0.29) is 6.17 Å². The molecule has 5 heteroatoms. The number of benzene rings is 1. The van der Waals surface area contributed by atoms with Crippen LogP contribution in [0.2, 0.25) is 0 Å². The zero-order chi connectivity index (χ0) is 17.1. The summed E-state index contributed by atoms with van der Waals surface area (Å²) in [5, 5.41) is 12.8. The summed E-state index contributed by atoms with van der Waals surface area (Å²) in [5.41, 5.74) is 3.72. The highest BCUT2D eigenvalue weighted by Gasteiger charge is 2.27. The second kappa shape index (κ2) is 7.08. The molecule has 5 nitrogen and oxygen atoms in total. The van der Waals surface area contributed by atoms with E-state index < -0.39 is 0 Å². The van der Waals surface area contributed by atoms with Crippen LogP contribution in [0.15, 0.2) is 28.9 Å². The molecule has 1 aliphatic rings. The number of furan rings is 1. The lowest BCUT2D eigenvalue weighted by Gasteiger charge is -2.23. The van der Waals surface area contributed by atoms with Gasteiger partial charge in [0.1, 0.15) is 24.3 Å². The first-order chi connectivity index (χ1) is 11.6. The second-order valence-electron chi connectivity index (χ2n) is 6.21. The van der Waals surface area contributed by atoms with Crippen molar-refractivity contribution in [2.24, 2.45) is 0 Å². The lowest BCUT2D eigenvalue weighted by atomic mass is 9.99. The normalized spacial score (nSPS) is 17.8. The number of nitrogens with zero attached hydrogens (tertiary/aromatic N) is 2. The number of hydrogen-bond acceptors (Lipinski definition) is 5. The minimum Gasteiger partial charge on any atom is -0.492 e. The molecule has 2 heterocycles. The van der Waals surface area contributed by atoms with Gasteiger partial charge in [-0.15, -0.1) is 0 Å². The molecule has 1 unspecified atom stereocenters. The molecule has 1 aliphatic heterocycles. The molecule has 2 aromatic rings. The maximum absolute atomic E-state index is 9.32. The summed E-state index contributed by atoms with van der Waals surface area (Å²) in [6.45, 7) is 9.22. The number of ether oxygens (including phenoxy) is 1. The summed E-state index contributed by atoms with van der Waals surface area (Å²) in [5.74, 6) is 1.76. The quantitative estimate of drug-likeness (QED) is 0.915. The maximum atomic E-state index is 9.32. The third-order valence-corrected chi connectivity index (χ3v) is 4.55. The van der Waals surface area contributed by atoms with Crippen molar-refractivity contribution in [1.82, 2.24) is 10.2 Å². The number of nitriles is 1. The summed E-state index contributed by atoms with van der Waals surface area (Å²) in [6.07, 6.45) is 1.81. The van der Waals surface area contributed by atoms with Gasteiger partial charge < -0.3 is 9.15 Å². The molecule has 1 N–H and O–H groups in total. The van der Waals surface area contributed by atoms with Crippen molar-refractivity contribution in [2.75, 3.05) is 26.2 Å². The highest BCUT2D eigenvalue weighted by molar-refractivity contribution is 5.54. The number of rotatable bonds is 5. The number of nitrogens with one attached hydrogen (secondary N) is 1. The van der Waals surface area contributed by atoms with Gasteiger partial charge in [0, 0.05) is 25.2 Å². The molecule has 0 radical (unpaired) electrons. The smallest absolute Gasteiger partial charge is 0.135 e. The molecule has 1 saturated heterocycles. The Kier molecular flexibility index (Phi) is 4.89. The van der Waals surface area contributed by atoms with E-state index >= 15 is 0 Å². The molecule has 24 heavy (non-hydrogen) atoms. The predicted octanol–water partition coefficient (Wildman–Crippen LogP) is 3.06. The number of aryl methyl sites for hydroxylation is 2. The van der Waals surface area contributed by atoms with Crippen molar-refractivity contribution in [1.29, 1.82) is 5.26 Å². The molecule has 0 saturated carbocycles. The molecular formula is C19H23N3O2. The summed E-state index contributed by atoms with van der Waals surface area (Å²) in [6, 6.07) is 8.19. The van der Waals surface area contributed by atoms with Crippen LogP contribution >= 0.6 is 0 Å². The molecule has 1 aromatic carbocycles. The van der Waals surface area contributed by atoms with Gasteiger partial charge >= 0.3 is 0 Å². The number of hydrogen-bond donors (Lipinski definition) is 1. The van der Waals surface area contributed by atoms with E-state index in [0.717, 1.165) is 47.8 Å². The molecule has 0 amide bonds. The van der Waals surface area contributed by atoms with Gasteiger partial charge in [-0.2, -0.15) is 5.26 Å². The van der Waals surface area contributed by atoms with Crippen molar-refractivity contribution >= 4 is 0 Å². The predicted molar refractivity (Wildman–Crippen MR) is 91.9 cm³/mol. The molecule has 126 valence electrons. The van der Waals surface area contributed by atoms with E-state index in [0.29, 0.717) is 12.2 Å². The molecule has 3 rings (SSSR count). The van der Waals surface area contributed by atoms with Crippen molar-refractivity contribution in [2.45, 2.75) is 26.9 Å². The average molecular weight is 325 g/mol. The molecule has 1 aromatic heterocycles. The SMILES string of the molecule is Cc1cc(C)c(OCCN2CCNC2c2ccco2)c(C)c1C#N. The lowest BCUT2D eigenvalue weighted by molar-refractivity contribution is 0.174. The fraction of sp³-hybridized carbons (Fsp3) is 0.421. The van der Waals surface area contributed by atoms with Crippen LogP contribution in [0.4, 0.5) is 0 Å². The first kappa shape index (κ1) is 16.6. The van der Waals surface area contributed by atoms with E-state index in [1.165, 1.54) is 0 Å². The van der Waals surface area contributed by atoms with E-state index in [2.05, 4.69) is 16.3 Å². The fourth-order valence-electron chi connectivity index (χ4n) is 3.40. The van der Waals surface area contributed by atoms with E-state index in [9.17, 15) is 5.26 Å². The second-order valence-corrected chi connectivity index (χ2v) is 6.21. The summed E-state index contributed by atoms with van der Waals surface area (Å²) >= 11 is 0. The largest absolute Gasteiger partial charge is 0.492 e. The van der Waals surface area contributed by atoms with Crippen molar-refractivity contribution < 1.29 is 9.15 Å². The van der Waals surface area contributed by atoms with Crippen molar-refractivity contribution in [3.8, 4) is 11.8 Å². The Morgan fingerprint density at radius 2 is 2.21 bits per heavy atom. The third kappa shape index (κ3) is 3.16. The van der Waals surface area contributed by atoms with Gasteiger partial charge in [0.05, 0.1) is 17.9 Å².